The van der Waals surface area contributed by atoms with Crippen LogP contribution in [0.2, 0.25) is 0 Å². The molecule has 304 valence electrons. The van der Waals surface area contributed by atoms with Crippen molar-refractivity contribution in [2.24, 2.45) is 0 Å². The Kier molecular flexibility index (Phi) is 10.2. The number of para-hydroxylation sites is 3. The van der Waals surface area contributed by atoms with Gasteiger partial charge in [0.15, 0.2) is 0 Å². The van der Waals surface area contributed by atoms with Crippen LogP contribution in [0.25, 0.3) is 22.5 Å². The summed E-state index contributed by atoms with van der Waals surface area (Å²) in [7, 11) is 0. The molecule has 0 N–H and O–H groups in total. The molecular formula is C59H43N5. The lowest BCUT2D eigenvalue weighted by atomic mass is 10.0. The second-order valence-electron chi connectivity index (χ2n) is 15.8. The predicted octanol–water partition coefficient (Wildman–Crippen LogP) is 16.6. The van der Waals surface area contributed by atoms with Gasteiger partial charge in [-0.15, -0.1) is 0 Å². The second-order valence-corrected chi connectivity index (χ2v) is 15.8. The Morgan fingerprint density at radius 2 is 0.406 bits per heavy atom. The normalized spacial score (nSPS) is 12.2. The zero-order chi connectivity index (χ0) is 42.7. The van der Waals surface area contributed by atoms with Crippen LogP contribution in [0.15, 0.2) is 261 Å². The van der Waals surface area contributed by atoms with Crippen molar-refractivity contribution in [3.05, 3.63) is 261 Å². The Labute approximate surface area is 374 Å². The first-order valence-corrected chi connectivity index (χ1v) is 21.6. The minimum absolute atomic E-state index is 0.893. The van der Waals surface area contributed by atoms with Crippen molar-refractivity contribution in [3.8, 4) is 22.5 Å². The summed E-state index contributed by atoms with van der Waals surface area (Å²) < 4.78 is 0. The largest absolute Gasteiger partial charge is 0.310 e. The van der Waals surface area contributed by atoms with Crippen LogP contribution in [0.1, 0.15) is 0 Å². The maximum absolute atomic E-state index is 5.29. The average Bonchev–Trinajstić information content (AvgIpc) is 3.36. The fourth-order valence-electron chi connectivity index (χ4n) is 8.76. The van der Waals surface area contributed by atoms with E-state index in [-0.39, 0.29) is 0 Å². The Morgan fingerprint density at radius 3 is 0.672 bits per heavy atom. The number of benzene rings is 9. The topological polar surface area (TPSA) is 25.9 Å². The van der Waals surface area contributed by atoms with Crippen LogP contribution in [0.5, 0.6) is 0 Å². The van der Waals surface area contributed by atoms with E-state index < -0.39 is 0 Å². The highest BCUT2D eigenvalue weighted by molar-refractivity contribution is 5.90. The smallest absolute Gasteiger partial charge is 0.0730 e. The molecule has 2 heterocycles. The molecule has 0 fully saturated rings. The summed E-state index contributed by atoms with van der Waals surface area (Å²) in [6.07, 6.45) is 0. The second kappa shape index (κ2) is 17.0. The first kappa shape index (κ1) is 38.3. The van der Waals surface area contributed by atoms with E-state index >= 15 is 0 Å². The van der Waals surface area contributed by atoms with Crippen molar-refractivity contribution in [2.45, 2.75) is 0 Å². The van der Waals surface area contributed by atoms with Gasteiger partial charge >= 0.3 is 0 Å². The van der Waals surface area contributed by atoms with Crippen LogP contribution in [0, 0.1) is 0 Å². The Morgan fingerprint density at radius 1 is 0.188 bits per heavy atom. The van der Waals surface area contributed by atoms with Gasteiger partial charge < -0.3 is 19.6 Å². The SMILES string of the molecule is c1ccc(-c2cc(N3c4cccc(c4)N(c4ccccc4)c4cccc(c4)N(c4ccccc4)c4cccc(c4)N(c4ccccc4)c4cccc3c4)cc(-c3ccccc3)n2)cc1. The van der Waals surface area contributed by atoms with Gasteiger partial charge in [-0.1, -0.05) is 140 Å². The summed E-state index contributed by atoms with van der Waals surface area (Å²) in [6.45, 7) is 0. The minimum Gasteiger partial charge on any atom is -0.310 e. The number of anilines is 12. The molecule has 64 heavy (non-hydrogen) atoms. The lowest BCUT2D eigenvalue weighted by Gasteiger charge is -2.33. The molecule has 0 saturated carbocycles. The van der Waals surface area contributed by atoms with Crippen molar-refractivity contribution in [1.29, 1.82) is 0 Å². The van der Waals surface area contributed by atoms with E-state index in [1.165, 1.54) is 0 Å². The van der Waals surface area contributed by atoms with Crippen LogP contribution in [0.3, 0.4) is 0 Å². The molecule has 0 unspecified atom stereocenters. The van der Waals surface area contributed by atoms with E-state index in [4.69, 9.17) is 4.98 Å². The summed E-state index contributed by atoms with van der Waals surface area (Å²) in [5, 5.41) is 0. The molecule has 0 aliphatic carbocycles. The number of aromatic nitrogens is 1. The van der Waals surface area contributed by atoms with Crippen LogP contribution in [0.4, 0.5) is 68.2 Å². The molecule has 5 heteroatoms. The number of fused-ring (bicyclic) bond motifs is 8. The molecule has 0 radical (unpaired) electrons. The van der Waals surface area contributed by atoms with E-state index in [1.807, 2.05) is 0 Å². The fourth-order valence-corrected chi connectivity index (χ4v) is 8.76. The Bertz CT molecular complexity index is 2990. The standard InChI is InChI=1S/C59H43N5/c1-6-20-44(21-7-1)58-42-57(43-59(60-58)45-22-8-2-9-23-45)64-55-36-18-34-53(40-55)62(47-26-12-4-13-27-47)51-32-16-30-49(38-51)61(46-24-10-3-11-25-46)50-31-17-33-52(39-50)63(48-28-14-5-15-29-48)54-35-19-37-56(64)41-54/h1-43H. The van der Waals surface area contributed by atoms with Crippen LogP contribution in [-0.2, 0) is 0 Å². The maximum atomic E-state index is 5.29. The third-order valence-electron chi connectivity index (χ3n) is 11.6. The van der Waals surface area contributed by atoms with Gasteiger partial charge in [0.2, 0.25) is 0 Å². The van der Waals surface area contributed by atoms with Crippen LogP contribution in [-0.4, -0.2) is 4.98 Å². The van der Waals surface area contributed by atoms with Crippen molar-refractivity contribution in [3.63, 3.8) is 0 Å². The Hall–Kier alpha value is -8.67. The summed E-state index contributed by atoms with van der Waals surface area (Å²) in [4.78, 5) is 14.7. The molecule has 0 spiro atoms. The van der Waals surface area contributed by atoms with Gasteiger partial charge in [0.05, 0.1) is 17.1 Å². The molecule has 0 atom stereocenters. The molecule has 9 aromatic carbocycles. The summed E-state index contributed by atoms with van der Waals surface area (Å²) >= 11 is 0. The molecule has 8 bridgehead atoms. The number of rotatable bonds is 6. The average molecular weight is 822 g/mol. The molecule has 0 saturated heterocycles. The van der Waals surface area contributed by atoms with E-state index in [2.05, 4.69) is 280 Å². The molecule has 11 rings (SSSR count). The van der Waals surface area contributed by atoms with E-state index in [1.54, 1.807) is 0 Å². The van der Waals surface area contributed by atoms with Crippen molar-refractivity contribution in [1.82, 2.24) is 4.98 Å². The minimum atomic E-state index is 0.893. The van der Waals surface area contributed by atoms with Gasteiger partial charge in [0, 0.05) is 73.7 Å². The first-order valence-electron chi connectivity index (χ1n) is 21.6. The molecule has 0 amide bonds. The lowest BCUT2D eigenvalue weighted by Crippen LogP contribution is -2.16. The van der Waals surface area contributed by atoms with Gasteiger partial charge in [-0.2, -0.15) is 0 Å². The van der Waals surface area contributed by atoms with E-state index in [9.17, 15) is 0 Å². The lowest BCUT2D eigenvalue weighted by molar-refractivity contribution is 1.21. The highest BCUT2D eigenvalue weighted by Gasteiger charge is 2.23. The van der Waals surface area contributed by atoms with Gasteiger partial charge in [-0.25, -0.2) is 4.98 Å². The van der Waals surface area contributed by atoms with Gasteiger partial charge in [-0.05, 0) is 121 Å². The highest BCUT2D eigenvalue weighted by Crippen LogP contribution is 2.47. The zero-order valence-electron chi connectivity index (χ0n) is 35.1. The third kappa shape index (κ3) is 7.52. The van der Waals surface area contributed by atoms with Gasteiger partial charge in [-0.3, -0.25) is 0 Å². The molecule has 10 aromatic rings. The third-order valence-corrected chi connectivity index (χ3v) is 11.6. The number of nitrogens with zero attached hydrogens (tertiary/aromatic N) is 5. The summed E-state index contributed by atoms with van der Waals surface area (Å²) in [5.41, 5.74) is 16.2. The van der Waals surface area contributed by atoms with E-state index in [0.29, 0.717) is 0 Å². The molecule has 1 aromatic heterocycles. The van der Waals surface area contributed by atoms with Crippen molar-refractivity contribution < 1.29 is 0 Å². The number of hydrogen-bond acceptors (Lipinski definition) is 5. The van der Waals surface area contributed by atoms with Gasteiger partial charge in [0.25, 0.3) is 0 Å². The molecule has 1 aliphatic rings. The van der Waals surface area contributed by atoms with Crippen molar-refractivity contribution >= 4 is 68.2 Å². The predicted molar refractivity (Wildman–Crippen MR) is 267 cm³/mol. The van der Waals surface area contributed by atoms with Crippen LogP contribution >= 0.6 is 0 Å². The molecule has 5 nitrogen and oxygen atoms in total. The Balaban J connectivity index is 1.21. The zero-order valence-corrected chi connectivity index (χ0v) is 35.1. The van der Waals surface area contributed by atoms with Crippen molar-refractivity contribution in [2.75, 3.05) is 19.6 Å². The number of hydrogen-bond donors (Lipinski definition) is 0. The fraction of sp³-hybridized carbons (Fsp3) is 0. The van der Waals surface area contributed by atoms with Crippen LogP contribution < -0.4 is 19.6 Å². The summed E-state index contributed by atoms with van der Waals surface area (Å²) in [5.74, 6) is 0. The molecule has 1 aliphatic heterocycles. The quantitative estimate of drug-likeness (QED) is 0.166. The van der Waals surface area contributed by atoms with Gasteiger partial charge in [0.1, 0.15) is 0 Å². The molecular weight excluding hydrogens is 779 g/mol. The monoisotopic (exact) mass is 821 g/mol. The van der Waals surface area contributed by atoms with E-state index in [0.717, 1.165) is 90.8 Å². The summed E-state index contributed by atoms with van der Waals surface area (Å²) in [6, 6.07) is 92.7. The maximum Gasteiger partial charge on any atom is 0.0730 e. The first-order chi connectivity index (χ1) is 31.7. The number of pyridine rings is 1. The highest BCUT2D eigenvalue weighted by atomic mass is 15.2.